The van der Waals surface area contributed by atoms with Crippen LogP contribution in [0, 0.1) is 0 Å². The Morgan fingerprint density at radius 2 is 1.52 bits per heavy atom. The molecule has 1 aliphatic carbocycles. The molecule has 0 spiro atoms. The number of ether oxygens (including phenoxy) is 5. The first kappa shape index (κ1) is 51.4. The molecule has 71 heavy (non-hydrogen) atoms. The number of carbonyl (C=O) groups is 4. The smallest absolute Gasteiger partial charge is 0.257 e. The molecule has 22 heteroatoms. The number of pyridine rings is 3. The maximum atomic E-state index is 14.8. The number of nitrogens with zero attached hydrogens (tertiary/aromatic N) is 6. The fraction of sp³-hybridized carbons (Fsp3) is 0.531. The van der Waals surface area contributed by atoms with Gasteiger partial charge in [0.15, 0.2) is 6.23 Å². The quantitative estimate of drug-likeness (QED) is 0.0338. The van der Waals surface area contributed by atoms with E-state index in [2.05, 4.69) is 51.3 Å². The summed E-state index contributed by atoms with van der Waals surface area (Å²) >= 11 is 0. The Labute approximate surface area is 411 Å². The lowest BCUT2D eigenvalue weighted by molar-refractivity contribution is -0.139. The summed E-state index contributed by atoms with van der Waals surface area (Å²) in [4.78, 5) is 69.2. The van der Waals surface area contributed by atoms with Gasteiger partial charge in [-0.15, -0.1) is 0 Å². The third kappa shape index (κ3) is 14.8. The number of hydrogen-bond donors (Lipinski definition) is 6. The van der Waals surface area contributed by atoms with Crippen LogP contribution in [0.5, 0.6) is 0 Å². The Bertz CT molecular complexity index is 2430. The number of piperidine rings is 1. The Balaban J connectivity index is 0.595. The number of amides is 4. The summed E-state index contributed by atoms with van der Waals surface area (Å²) in [5.41, 5.74) is 3.06. The van der Waals surface area contributed by atoms with Crippen molar-refractivity contribution in [2.75, 3.05) is 134 Å². The highest BCUT2D eigenvalue weighted by molar-refractivity contribution is 6.06. The third-order valence-electron chi connectivity index (χ3n) is 12.5. The van der Waals surface area contributed by atoms with Crippen LogP contribution in [0.4, 0.5) is 27.4 Å². The number of imide groups is 1. The monoisotopic (exact) mass is 985 g/mol. The molecular formula is C49H64FN11O10. The number of hydrogen-bond acceptors (Lipinski definition) is 18. The summed E-state index contributed by atoms with van der Waals surface area (Å²) in [5, 5.41) is 26.7. The van der Waals surface area contributed by atoms with Crippen LogP contribution in [0.1, 0.15) is 58.2 Å². The van der Waals surface area contributed by atoms with Crippen LogP contribution in [-0.4, -0.2) is 195 Å². The van der Waals surface area contributed by atoms with Crippen LogP contribution in [0.25, 0.3) is 10.9 Å². The average molecular weight is 986 g/mol. The normalized spacial score (nSPS) is 18.9. The standard InChI is InChI=1S/C49H64FN11O10/c50-34(30-54-46(63)37-31-53-43(28-40(37)55-35-5-6-35)57-42-8-4-33-29-51-11-10-38(33)56-42)32-71-21-18-60-15-13-59(14-16-60)17-20-68-23-25-70-27-26-69-24-22-67-19-12-52-39-3-1-2-36-45(39)49(66)61(48(36)65)41-7-9-44(62)58-47(41)64/h1-4,8,10-11,28-29,31,34-35,41,49,52,66H,5-7,9,12-27,30,32H2,(H,54,63)(H,58,62,64)(H2,53,55,56,57). The molecule has 1 aromatic carbocycles. The number of halogens is 1. The first-order chi connectivity index (χ1) is 34.7. The lowest BCUT2D eigenvalue weighted by Crippen LogP contribution is -2.53. The summed E-state index contributed by atoms with van der Waals surface area (Å²) < 4.78 is 43.1. The van der Waals surface area contributed by atoms with Crippen LogP contribution in [-0.2, 0) is 33.3 Å². The van der Waals surface area contributed by atoms with Gasteiger partial charge in [-0.05, 0) is 49.6 Å². The van der Waals surface area contributed by atoms with Crippen LogP contribution in [0.3, 0.4) is 0 Å². The average Bonchev–Trinajstić information content (AvgIpc) is 4.16. The van der Waals surface area contributed by atoms with E-state index < -0.39 is 42.1 Å². The number of carbonyl (C=O) groups excluding carboxylic acids is 4. The van der Waals surface area contributed by atoms with Crippen molar-refractivity contribution in [2.24, 2.45) is 0 Å². The third-order valence-corrected chi connectivity index (χ3v) is 12.5. The summed E-state index contributed by atoms with van der Waals surface area (Å²) in [5.74, 6) is -0.692. The Morgan fingerprint density at radius 1 is 0.817 bits per heavy atom. The lowest BCUT2D eigenvalue weighted by atomic mass is 10.0. The number of alkyl halides is 1. The van der Waals surface area contributed by atoms with Crippen molar-refractivity contribution in [1.82, 2.24) is 40.3 Å². The number of aromatic nitrogens is 3. The largest absolute Gasteiger partial charge is 0.382 e. The number of piperazine rings is 1. The van der Waals surface area contributed by atoms with Gasteiger partial charge in [-0.1, -0.05) is 6.07 Å². The second-order valence-corrected chi connectivity index (χ2v) is 17.7. The van der Waals surface area contributed by atoms with Gasteiger partial charge in [-0.25, -0.2) is 14.4 Å². The number of aliphatic hydroxyl groups is 1. The SMILES string of the molecule is O=C1CCC(N2C(=O)c3cccc(NCCOCCOCCOCCOCCN4CCN(CCOCC(F)CNC(=O)c5cnc(Nc6ccc7cnccc7n6)cc5NC5CC5)CC4)c3C2O)C(=O)N1. The molecule has 3 unspecified atom stereocenters. The summed E-state index contributed by atoms with van der Waals surface area (Å²) in [6, 6.07) is 11.8. The van der Waals surface area contributed by atoms with Gasteiger partial charge in [0, 0.05) is 105 Å². The van der Waals surface area contributed by atoms with Crippen LogP contribution < -0.4 is 26.6 Å². The minimum atomic E-state index is -1.35. The molecular weight excluding hydrogens is 922 g/mol. The maximum Gasteiger partial charge on any atom is 0.257 e. The Hall–Kier alpha value is -5.98. The molecule has 6 N–H and O–H groups in total. The van der Waals surface area contributed by atoms with Crippen molar-refractivity contribution in [3.8, 4) is 0 Å². The second-order valence-electron chi connectivity index (χ2n) is 17.7. The zero-order valence-electron chi connectivity index (χ0n) is 39.8. The van der Waals surface area contributed by atoms with Gasteiger partial charge in [0.05, 0.1) is 89.4 Å². The molecule has 2 saturated heterocycles. The minimum absolute atomic E-state index is 0.0998. The highest BCUT2D eigenvalue weighted by Gasteiger charge is 2.45. The van der Waals surface area contributed by atoms with Crippen molar-refractivity contribution in [1.29, 1.82) is 0 Å². The van der Waals surface area contributed by atoms with Crippen molar-refractivity contribution < 1.29 is 52.4 Å². The number of nitrogens with one attached hydrogen (secondary N) is 5. The van der Waals surface area contributed by atoms with Crippen LogP contribution in [0.15, 0.2) is 61.1 Å². The molecule has 0 bridgehead atoms. The molecule has 382 valence electrons. The van der Waals surface area contributed by atoms with E-state index >= 15 is 0 Å². The van der Waals surface area contributed by atoms with E-state index in [1.54, 1.807) is 36.7 Å². The van der Waals surface area contributed by atoms with Gasteiger partial charge in [-0.2, -0.15) is 0 Å². The molecule has 3 atom stereocenters. The second kappa shape index (κ2) is 25.9. The highest BCUT2D eigenvalue weighted by Crippen LogP contribution is 2.39. The molecule has 3 aromatic heterocycles. The van der Waals surface area contributed by atoms with Crippen molar-refractivity contribution in [3.05, 3.63) is 77.7 Å². The molecule has 4 amide bonds. The van der Waals surface area contributed by atoms with Gasteiger partial charge in [0.1, 0.15) is 23.8 Å². The van der Waals surface area contributed by atoms with Gasteiger partial charge < -0.3 is 50.1 Å². The number of rotatable bonds is 29. The topological polar surface area (TPSA) is 243 Å². The molecule has 4 aliphatic rings. The van der Waals surface area contributed by atoms with E-state index in [0.29, 0.717) is 112 Å². The molecule has 6 heterocycles. The molecule has 3 aliphatic heterocycles. The van der Waals surface area contributed by atoms with Gasteiger partial charge in [0.2, 0.25) is 11.8 Å². The maximum absolute atomic E-state index is 14.8. The number of fused-ring (bicyclic) bond motifs is 2. The molecule has 1 saturated carbocycles. The molecule has 4 aromatic rings. The van der Waals surface area contributed by atoms with E-state index in [9.17, 15) is 28.7 Å². The van der Waals surface area contributed by atoms with E-state index in [-0.39, 0.29) is 32.0 Å². The first-order valence-corrected chi connectivity index (χ1v) is 24.4. The zero-order chi connectivity index (χ0) is 49.4. The number of anilines is 4. The fourth-order valence-corrected chi connectivity index (χ4v) is 8.48. The van der Waals surface area contributed by atoms with E-state index in [1.165, 1.54) is 6.20 Å². The number of benzene rings is 1. The molecule has 3 fully saturated rings. The molecule has 8 rings (SSSR count). The van der Waals surface area contributed by atoms with Gasteiger partial charge >= 0.3 is 0 Å². The lowest BCUT2D eigenvalue weighted by Gasteiger charge is -2.34. The van der Waals surface area contributed by atoms with E-state index in [4.69, 9.17) is 23.7 Å². The van der Waals surface area contributed by atoms with E-state index in [0.717, 1.165) is 61.4 Å². The summed E-state index contributed by atoms with van der Waals surface area (Å²) in [6.07, 6.45) is 4.56. The minimum Gasteiger partial charge on any atom is -0.382 e. The van der Waals surface area contributed by atoms with Crippen LogP contribution >= 0.6 is 0 Å². The van der Waals surface area contributed by atoms with Gasteiger partial charge in [0.25, 0.3) is 11.8 Å². The van der Waals surface area contributed by atoms with Gasteiger partial charge in [-0.3, -0.25) is 44.2 Å². The van der Waals surface area contributed by atoms with Crippen LogP contribution in [0.2, 0.25) is 0 Å². The predicted molar refractivity (Wildman–Crippen MR) is 260 cm³/mol. The Morgan fingerprint density at radius 3 is 2.24 bits per heavy atom. The zero-order valence-corrected chi connectivity index (χ0v) is 39.8. The van der Waals surface area contributed by atoms with Crippen molar-refractivity contribution >= 4 is 57.5 Å². The highest BCUT2D eigenvalue weighted by atomic mass is 19.1. The summed E-state index contributed by atoms with van der Waals surface area (Å²) in [6.45, 7) is 9.22. The molecule has 0 radical (unpaired) electrons. The first-order valence-electron chi connectivity index (χ1n) is 24.4. The van der Waals surface area contributed by atoms with E-state index in [1.807, 2.05) is 18.2 Å². The van der Waals surface area contributed by atoms with Crippen molar-refractivity contribution in [3.63, 3.8) is 0 Å². The summed E-state index contributed by atoms with van der Waals surface area (Å²) in [7, 11) is 0. The number of aliphatic hydroxyl groups excluding tert-OH is 1. The van der Waals surface area contributed by atoms with Crippen molar-refractivity contribution in [2.45, 2.75) is 50.2 Å². The fourth-order valence-electron chi connectivity index (χ4n) is 8.48. The predicted octanol–water partition coefficient (Wildman–Crippen LogP) is 2.48. The Kier molecular flexibility index (Phi) is 18.8. The molecule has 21 nitrogen and oxygen atoms in total.